The average molecular weight is 350 g/mol. The number of nitrogens with one attached hydrogen (secondary N) is 1. The van der Waals surface area contributed by atoms with E-state index in [4.69, 9.17) is 0 Å². The first-order valence-electron chi connectivity index (χ1n) is 6.85. The van der Waals surface area contributed by atoms with E-state index in [1.807, 2.05) is 0 Å². The summed E-state index contributed by atoms with van der Waals surface area (Å²) in [6.45, 7) is -0.0244. The van der Waals surface area contributed by atoms with Crippen LogP contribution in [0.4, 0.5) is 0 Å². The van der Waals surface area contributed by atoms with E-state index in [2.05, 4.69) is 9.71 Å². The van der Waals surface area contributed by atoms with Gasteiger partial charge in [-0.05, 0) is 24.3 Å². The Kier molecular flexibility index (Phi) is 3.95. The van der Waals surface area contributed by atoms with E-state index in [-0.39, 0.29) is 27.9 Å². The van der Waals surface area contributed by atoms with E-state index < -0.39 is 19.9 Å². The van der Waals surface area contributed by atoms with Crippen LogP contribution in [-0.2, 0) is 19.9 Å². The third kappa shape index (κ3) is 3.13. The van der Waals surface area contributed by atoms with Gasteiger partial charge in [0.15, 0.2) is 9.84 Å². The maximum atomic E-state index is 12.2. The first-order valence-corrected chi connectivity index (χ1v) is 9.98. The maximum Gasteiger partial charge on any atom is 0.263 e. The maximum absolute atomic E-state index is 12.2. The summed E-state index contributed by atoms with van der Waals surface area (Å²) in [6.07, 6.45) is 0. The molecular formula is C15H14N2O4S2. The summed E-state index contributed by atoms with van der Waals surface area (Å²) in [5, 5.41) is 0. The average Bonchev–Trinajstić information content (AvgIpc) is 2.80. The Morgan fingerprint density at radius 2 is 1.61 bits per heavy atom. The lowest BCUT2D eigenvalue weighted by molar-refractivity contribution is 0.594. The molecule has 0 unspecified atom stereocenters. The molecule has 0 atom stereocenters. The molecule has 2 aromatic rings. The molecule has 0 fully saturated rings. The topological polar surface area (TPSA) is 92.7 Å². The van der Waals surface area contributed by atoms with Gasteiger partial charge in [-0.15, -0.1) is 0 Å². The van der Waals surface area contributed by atoms with Crippen LogP contribution in [0.1, 0.15) is 5.56 Å². The number of sulfonamides is 1. The van der Waals surface area contributed by atoms with E-state index in [0.717, 1.165) is 0 Å². The second-order valence-electron chi connectivity index (χ2n) is 4.96. The van der Waals surface area contributed by atoms with Crippen LogP contribution in [0.2, 0.25) is 0 Å². The molecule has 1 heterocycles. The predicted molar refractivity (Wildman–Crippen MR) is 86.7 cm³/mol. The summed E-state index contributed by atoms with van der Waals surface area (Å²) in [6, 6.07) is 14.5. The molecule has 1 aliphatic heterocycles. The smallest absolute Gasteiger partial charge is 0.263 e. The molecule has 120 valence electrons. The quantitative estimate of drug-likeness (QED) is 0.897. The molecular weight excluding hydrogens is 336 g/mol. The lowest BCUT2D eigenvalue weighted by Crippen LogP contribution is -2.23. The normalized spacial score (nSPS) is 17.7. The minimum absolute atomic E-state index is 0.0244. The van der Waals surface area contributed by atoms with Crippen LogP contribution >= 0.6 is 0 Å². The van der Waals surface area contributed by atoms with Crippen LogP contribution in [-0.4, -0.2) is 35.0 Å². The minimum Gasteiger partial charge on any atom is -0.266 e. The van der Waals surface area contributed by atoms with Gasteiger partial charge in [-0.3, -0.25) is 9.71 Å². The zero-order valence-corrected chi connectivity index (χ0v) is 13.6. The van der Waals surface area contributed by atoms with Crippen molar-refractivity contribution in [2.45, 2.75) is 9.79 Å². The molecule has 3 rings (SSSR count). The van der Waals surface area contributed by atoms with Crippen LogP contribution in [0.3, 0.4) is 0 Å². The highest BCUT2D eigenvalue weighted by molar-refractivity contribution is 7.91. The second kappa shape index (κ2) is 5.78. The molecule has 0 aromatic heterocycles. The van der Waals surface area contributed by atoms with Gasteiger partial charge in [0.1, 0.15) is 5.84 Å². The fourth-order valence-corrected chi connectivity index (χ4v) is 4.66. The Hall–Kier alpha value is -2.19. The van der Waals surface area contributed by atoms with Crippen molar-refractivity contribution in [1.29, 1.82) is 0 Å². The molecule has 0 amide bonds. The van der Waals surface area contributed by atoms with Crippen LogP contribution in [0, 0.1) is 0 Å². The molecule has 0 saturated carbocycles. The second-order valence-corrected chi connectivity index (χ2v) is 8.72. The van der Waals surface area contributed by atoms with Gasteiger partial charge in [0.05, 0.1) is 22.1 Å². The largest absolute Gasteiger partial charge is 0.266 e. The summed E-state index contributed by atoms with van der Waals surface area (Å²) < 4.78 is 50.6. The van der Waals surface area contributed by atoms with Crippen LogP contribution in [0.25, 0.3) is 0 Å². The molecule has 1 N–H and O–H groups in total. The van der Waals surface area contributed by atoms with Crippen molar-refractivity contribution in [1.82, 2.24) is 4.72 Å². The number of aliphatic imine (C=N–C) groups is 1. The number of hydrogen-bond acceptors (Lipinski definition) is 5. The van der Waals surface area contributed by atoms with Gasteiger partial charge < -0.3 is 0 Å². The molecule has 23 heavy (non-hydrogen) atoms. The molecule has 1 aliphatic rings. The lowest BCUT2D eigenvalue weighted by atomic mass is 10.2. The number of nitrogens with zero attached hydrogens (tertiary/aromatic N) is 1. The van der Waals surface area contributed by atoms with Crippen LogP contribution in [0.5, 0.6) is 0 Å². The summed E-state index contributed by atoms with van der Waals surface area (Å²) >= 11 is 0. The SMILES string of the molecule is O=S(=O)(CCN=C1NS(=O)(=O)c2ccccc21)c1ccccc1. The highest BCUT2D eigenvalue weighted by Crippen LogP contribution is 2.22. The van der Waals surface area contributed by atoms with Gasteiger partial charge in [0.2, 0.25) is 0 Å². The summed E-state index contributed by atoms with van der Waals surface area (Å²) in [5.74, 6) is -0.00594. The van der Waals surface area contributed by atoms with Crippen molar-refractivity contribution in [3.05, 3.63) is 60.2 Å². The van der Waals surface area contributed by atoms with Gasteiger partial charge in [-0.25, -0.2) is 16.8 Å². The number of amidine groups is 1. The van der Waals surface area contributed by atoms with E-state index in [9.17, 15) is 16.8 Å². The molecule has 2 aromatic carbocycles. The van der Waals surface area contributed by atoms with Gasteiger partial charge >= 0.3 is 0 Å². The third-order valence-corrected chi connectivity index (χ3v) is 6.50. The number of benzene rings is 2. The van der Waals surface area contributed by atoms with Crippen molar-refractivity contribution >= 4 is 25.7 Å². The van der Waals surface area contributed by atoms with Crippen LogP contribution in [0.15, 0.2) is 69.4 Å². The zero-order chi connectivity index (χ0) is 16.5. The van der Waals surface area contributed by atoms with Gasteiger partial charge in [-0.2, -0.15) is 0 Å². The summed E-state index contributed by atoms with van der Waals surface area (Å²) in [4.78, 5) is 4.50. The molecule has 0 bridgehead atoms. The lowest BCUT2D eigenvalue weighted by Gasteiger charge is -2.03. The Balaban J connectivity index is 1.80. The molecule has 8 heteroatoms. The Morgan fingerprint density at radius 1 is 0.957 bits per heavy atom. The summed E-state index contributed by atoms with van der Waals surface area (Å²) in [7, 11) is -7.05. The fraction of sp³-hybridized carbons (Fsp3) is 0.133. The number of sulfone groups is 1. The molecule has 0 radical (unpaired) electrons. The third-order valence-electron chi connectivity index (χ3n) is 3.39. The van der Waals surface area contributed by atoms with E-state index in [0.29, 0.717) is 5.56 Å². The van der Waals surface area contributed by atoms with Crippen molar-refractivity contribution in [3.8, 4) is 0 Å². The molecule has 0 spiro atoms. The molecule has 0 saturated heterocycles. The van der Waals surface area contributed by atoms with Crippen molar-refractivity contribution < 1.29 is 16.8 Å². The Bertz CT molecular complexity index is 966. The molecule has 0 aliphatic carbocycles. The van der Waals surface area contributed by atoms with Crippen molar-refractivity contribution in [3.63, 3.8) is 0 Å². The van der Waals surface area contributed by atoms with Gasteiger partial charge in [0.25, 0.3) is 10.0 Å². The minimum atomic E-state index is -3.60. The number of rotatable bonds is 4. The monoisotopic (exact) mass is 350 g/mol. The predicted octanol–water partition coefficient (Wildman–Crippen LogP) is 1.20. The highest BCUT2D eigenvalue weighted by Gasteiger charge is 2.30. The molecule has 6 nitrogen and oxygen atoms in total. The van der Waals surface area contributed by atoms with Crippen LogP contribution < -0.4 is 4.72 Å². The zero-order valence-electron chi connectivity index (χ0n) is 12.0. The van der Waals surface area contributed by atoms with E-state index >= 15 is 0 Å². The highest BCUT2D eigenvalue weighted by atomic mass is 32.2. The first-order chi connectivity index (χ1) is 10.9. The van der Waals surface area contributed by atoms with E-state index in [1.54, 1.807) is 36.4 Å². The number of fused-ring (bicyclic) bond motifs is 1. The summed E-state index contributed by atoms with van der Waals surface area (Å²) in [5.41, 5.74) is 0.463. The van der Waals surface area contributed by atoms with Crippen molar-refractivity contribution in [2.75, 3.05) is 12.3 Å². The van der Waals surface area contributed by atoms with Crippen molar-refractivity contribution in [2.24, 2.45) is 4.99 Å². The number of hydrogen-bond donors (Lipinski definition) is 1. The van der Waals surface area contributed by atoms with E-state index in [1.165, 1.54) is 18.2 Å². The standard InChI is InChI=1S/C15H14N2O4S2/c18-22(19,12-6-2-1-3-7-12)11-10-16-15-13-8-4-5-9-14(13)23(20,21)17-15/h1-9H,10-11H2,(H,16,17). The first kappa shape index (κ1) is 15.7. The fourth-order valence-electron chi connectivity index (χ4n) is 2.27. The van der Waals surface area contributed by atoms with Gasteiger partial charge in [-0.1, -0.05) is 30.3 Å². The Labute approximate surface area is 134 Å². The van der Waals surface area contributed by atoms with Gasteiger partial charge in [0, 0.05) is 5.56 Å². The Morgan fingerprint density at radius 3 is 2.35 bits per heavy atom.